The van der Waals surface area contributed by atoms with Crippen LogP contribution in [-0.2, 0) is 9.47 Å². The molecule has 0 spiro atoms. The largest absolute Gasteiger partial charge is 0.394 e. The predicted octanol–water partition coefficient (Wildman–Crippen LogP) is -2.04. The molecule has 132 valence electrons. The number of aliphatic hydroxyl groups excluding tert-OH is 6. The Morgan fingerprint density at radius 1 is 0.818 bits per heavy atom. The van der Waals surface area contributed by atoms with Gasteiger partial charge in [0, 0.05) is 12.8 Å². The molecule has 2 heterocycles. The van der Waals surface area contributed by atoms with Gasteiger partial charge in [-0.15, -0.1) is 0 Å². The first-order valence-electron chi connectivity index (χ1n) is 7.55. The minimum atomic E-state index is -0.948. The fraction of sp³-hybridized carbons (Fsp3) is 1.00. The Kier molecular flexibility index (Phi) is 8.15. The highest BCUT2D eigenvalue weighted by Crippen LogP contribution is 2.23. The van der Waals surface area contributed by atoms with Gasteiger partial charge in [-0.2, -0.15) is 0 Å². The van der Waals surface area contributed by atoms with Gasteiger partial charge in [0.25, 0.3) is 0 Å². The highest BCUT2D eigenvalue weighted by Gasteiger charge is 2.34. The van der Waals surface area contributed by atoms with E-state index in [2.05, 4.69) is 0 Å². The smallest absolute Gasteiger partial charge is 0.155 e. The highest BCUT2D eigenvalue weighted by atomic mass is 16.6. The molecule has 0 aromatic carbocycles. The SMILES string of the molecule is CC1CC(O)C(O)C(CO)O1.CC1CC(O)OC(CO)C1O. The molecule has 8 heteroatoms. The average Bonchev–Trinajstić information content (AvgIpc) is 2.47. The Morgan fingerprint density at radius 2 is 1.36 bits per heavy atom. The maximum Gasteiger partial charge on any atom is 0.155 e. The maximum absolute atomic E-state index is 9.36. The summed E-state index contributed by atoms with van der Waals surface area (Å²) in [5.41, 5.74) is 0. The van der Waals surface area contributed by atoms with Crippen LogP contribution in [0.2, 0.25) is 0 Å². The van der Waals surface area contributed by atoms with E-state index in [9.17, 15) is 15.3 Å². The Labute approximate surface area is 129 Å². The van der Waals surface area contributed by atoms with Gasteiger partial charge in [-0.1, -0.05) is 6.92 Å². The molecule has 0 bridgehead atoms. The van der Waals surface area contributed by atoms with Crippen molar-refractivity contribution in [3.05, 3.63) is 0 Å². The molecule has 8 atom stereocenters. The summed E-state index contributed by atoms with van der Waals surface area (Å²) < 4.78 is 10.0. The van der Waals surface area contributed by atoms with Gasteiger partial charge in [-0.3, -0.25) is 0 Å². The van der Waals surface area contributed by atoms with Crippen molar-refractivity contribution in [1.82, 2.24) is 0 Å². The standard InChI is InChI=1S/2C7H14O4/c1-4-2-6(9)11-5(3-8)7(4)10;1-4-2-5(9)7(10)6(3-8)11-4/h2*4-10H,2-3H2,1H3. The van der Waals surface area contributed by atoms with E-state index >= 15 is 0 Å². The summed E-state index contributed by atoms with van der Waals surface area (Å²) in [6.07, 6.45) is -3.72. The van der Waals surface area contributed by atoms with E-state index in [1.54, 1.807) is 6.92 Å². The lowest BCUT2D eigenvalue weighted by molar-refractivity contribution is -0.224. The molecule has 2 saturated heterocycles. The van der Waals surface area contributed by atoms with Crippen LogP contribution >= 0.6 is 0 Å². The number of hydrogen-bond acceptors (Lipinski definition) is 8. The molecule has 0 saturated carbocycles. The van der Waals surface area contributed by atoms with Gasteiger partial charge in [0.05, 0.1) is 31.5 Å². The second kappa shape index (κ2) is 9.09. The van der Waals surface area contributed by atoms with Gasteiger partial charge in [0.2, 0.25) is 0 Å². The molecular weight excluding hydrogens is 296 g/mol. The van der Waals surface area contributed by atoms with Crippen molar-refractivity contribution in [3.8, 4) is 0 Å². The zero-order chi connectivity index (χ0) is 16.9. The van der Waals surface area contributed by atoms with Crippen LogP contribution in [0.5, 0.6) is 0 Å². The lowest BCUT2D eigenvalue weighted by atomic mass is 9.94. The third-order valence-corrected chi connectivity index (χ3v) is 3.98. The summed E-state index contributed by atoms with van der Waals surface area (Å²) in [6.45, 7) is 3.13. The minimum absolute atomic E-state index is 0.0177. The van der Waals surface area contributed by atoms with Crippen molar-refractivity contribution in [2.75, 3.05) is 13.2 Å². The zero-order valence-electron chi connectivity index (χ0n) is 12.9. The summed E-state index contributed by atoms with van der Waals surface area (Å²) in [6, 6.07) is 0. The normalized spacial score (nSPS) is 45.8. The van der Waals surface area contributed by atoms with E-state index in [4.69, 9.17) is 24.8 Å². The van der Waals surface area contributed by atoms with Crippen LogP contribution in [0.25, 0.3) is 0 Å². The Morgan fingerprint density at radius 3 is 1.91 bits per heavy atom. The van der Waals surface area contributed by atoms with E-state index in [0.717, 1.165) is 0 Å². The summed E-state index contributed by atoms with van der Waals surface area (Å²) >= 11 is 0. The molecule has 0 amide bonds. The van der Waals surface area contributed by atoms with Crippen molar-refractivity contribution in [2.45, 2.75) is 69.6 Å². The van der Waals surface area contributed by atoms with E-state index in [1.165, 1.54) is 0 Å². The van der Waals surface area contributed by atoms with Gasteiger partial charge in [0.1, 0.15) is 18.3 Å². The van der Waals surface area contributed by atoms with Crippen LogP contribution in [0.1, 0.15) is 26.7 Å². The van der Waals surface area contributed by atoms with Gasteiger partial charge >= 0.3 is 0 Å². The number of ether oxygens (including phenoxy) is 2. The number of rotatable bonds is 2. The van der Waals surface area contributed by atoms with E-state index in [-0.39, 0.29) is 25.2 Å². The molecule has 0 aromatic rings. The van der Waals surface area contributed by atoms with Gasteiger partial charge in [0.15, 0.2) is 6.29 Å². The van der Waals surface area contributed by atoms with Crippen molar-refractivity contribution in [2.24, 2.45) is 5.92 Å². The summed E-state index contributed by atoms with van der Waals surface area (Å²) in [5, 5.41) is 54.2. The number of hydrogen-bond donors (Lipinski definition) is 6. The summed E-state index contributed by atoms with van der Waals surface area (Å²) in [5.74, 6) is -0.0177. The Hall–Kier alpha value is -0.320. The second-order valence-corrected chi connectivity index (χ2v) is 5.98. The Balaban J connectivity index is 0.000000220. The Bertz CT molecular complexity index is 285. The quantitative estimate of drug-likeness (QED) is 0.341. The molecule has 2 aliphatic heterocycles. The zero-order valence-corrected chi connectivity index (χ0v) is 12.9. The molecule has 8 unspecified atom stereocenters. The molecule has 2 aliphatic rings. The number of aliphatic hydroxyl groups is 6. The van der Waals surface area contributed by atoms with Gasteiger partial charge < -0.3 is 40.1 Å². The van der Waals surface area contributed by atoms with Crippen molar-refractivity contribution < 1.29 is 40.1 Å². The van der Waals surface area contributed by atoms with Crippen LogP contribution in [0.4, 0.5) is 0 Å². The third kappa shape index (κ3) is 5.39. The molecule has 22 heavy (non-hydrogen) atoms. The average molecular weight is 324 g/mol. The van der Waals surface area contributed by atoms with Crippen LogP contribution in [0.15, 0.2) is 0 Å². The van der Waals surface area contributed by atoms with Crippen molar-refractivity contribution in [3.63, 3.8) is 0 Å². The van der Waals surface area contributed by atoms with Crippen LogP contribution in [-0.4, -0.2) is 86.8 Å². The summed E-state index contributed by atoms with van der Waals surface area (Å²) in [7, 11) is 0. The van der Waals surface area contributed by atoms with Gasteiger partial charge in [-0.25, -0.2) is 0 Å². The van der Waals surface area contributed by atoms with Gasteiger partial charge in [-0.05, 0) is 12.8 Å². The fourth-order valence-electron chi connectivity index (χ4n) is 2.63. The third-order valence-electron chi connectivity index (χ3n) is 3.98. The first-order valence-corrected chi connectivity index (χ1v) is 7.55. The van der Waals surface area contributed by atoms with Crippen molar-refractivity contribution >= 4 is 0 Å². The topological polar surface area (TPSA) is 140 Å². The molecule has 8 nitrogen and oxygen atoms in total. The molecule has 0 aromatic heterocycles. The lowest BCUT2D eigenvalue weighted by Crippen LogP contribution is -2.49. The summed E-state index contributed by atoms with van der Waals surface area (Å²) in [4.78, 5) is 0. The monoisotopic (exact) mass is 324 g/mol. The van der Waals surface area contributed by atoms with E-state index in [0.29, 0.717) is 12.8 Å². The fourth-order valence-corrected chi connectivity index (χ4v) is 2.63. The molecule has 2 fully saturated rings. The van der Waals surface area contributed by atoms with Crippen LogP contribution in [0, 0.1) is 5.92 Å². The maximum atomic E-state index is 9.36. The van der Waals surface area contributed by atoms with E-state index < -0.39 is 36.8 Å². The molecular formula is C14H28O8. The van der Waals surface area contributed by atoms with Crippen LogP contribution in [0.3, 0.4) is 0 Å². The first kappa shape index (κ1) is 19.7. The van der Waals surface area contributed by atoms with Crippen molar-refractivity contribution in [1.29, 1.82) is 0 Å². The molecule has 0 radical (unpaired) electrons. The highest BCUT2D eigenvalue weighted by molar-refractivity contribution is 4.83. The predicted molar refractivity (Wildman–Crippen MR) is 75.8 cm³/mol. The molecule has 2 rings (SSSR count). The molecule has 6 N–H and O–H groups in total. The van der Waals surface area contributed by atoms with E-state index in [1.807, 2.05) is 6.92 Å². The minimum Gasteiger partial charge on any atom is -0.394 e. The van der Waals surface area contributed by atoms with Crippen LogP contribution < -0.4 is 0 Å². The first-order chi connectivity index (χ1) is 10.3. The second-order valence-electron chi connectivity index (χ2n) is 5.98. The molecule has 0 aliphatic carbocycles. The lowest BCUT2D eigenvalue weighted by Gasteiger charge is -2.34.